The zero-order chi connectivity index (χ0) is 22.5. The Morgan fingerprint density at radius 3 is 2.48 bits per heavy atom. The fourth-order valence-electron chi connectivity index (χ4n) is 2.73. The van der Waals surface area contributed by atoms with E-state index in [0.717, 1.165) is 16.0 Å². The van der Waals surface area contributed by atoms with Gasteiger partial charge in [0.05, 0.1) is 29.4 Å². The lowest BCUT2D eigenvalue weighted by Crippen LogP contribution is -2.35. The van der Waals surface area contributed by atoms with Gasteiger partial charge >= 0.3 is 5.00 Å². The molecular weight excluding hydrogens is 440 g/mol. The van der Waals surface area contributed by atoms with E-state index in [1.165, 1.54) is 23.5 Å². The third kappa shape index (κ3) is 5.37. The topological polar surface area (TPSA) is 98.0 Å². The van der Waals surface area contributed by atoms with Gasteiger partial charge in [0.2, 0.25) is 0 Å². The van der Waals surface area contributed by atoms with Crippen molar-refractivity contribution in [2.75, 3.05) is 46.3 Å². The van der Waals surface area contributed by atoms with Crippen LogP contribution in [0.25, 0.3) is 16.3 Å². The van der Waals surface area contributed by atoms with Crippen LogP contribution in [0.3, 0.4) is 0 Å². The Labute approximate surface area is 187 Å². The van der Waals surface area contributed by atoms with Crippen LogP contribution in [-0.4, -0.2) is 62.1 Å². The molecule has 0 unspecified atom stereocenters. The second kappa shape index (κ2) is 9.86. The van der Waals surface area contributed by atoms with Crippen molar-refractivity contribution in [1.82, 2.24) is 9.88 Å². The normalized spacial score (nSPS) is 11.4. The van der Waals surface area contributed by atoms with Gasteiger partial charge in [0.1, 0.15) is 0 Å². The average Bonchev–Trinajstić information content (AvgIpc) is 3.37. The van der Waals surface area contributed by atoms with Crippen LogP contribution in [0.2, 0.25) is 0 Å². The highest BCUT2D eigenvalue weighted by Crippen LogP contribution is 2.37. The number of amides is 1. The maximum absolute atomic E-state index is 13.0. The number of thiazole rings is 1. The molecule has 0 fully saturated rings. The molecule has 0 saturated heterocycles. The van der Waals surface area contributed by atoms with Crippen molar-refractivity contribution in [3.8, 4) is 11.5 Å². The lowest BCUT2D eigenvalue weighted by molar-refractivity contribution is -0.380. The maximum atomic E-state index is 13.0. The molecule has 2 aromatic heterocycles. The zero-order valence-corrected chi connectivity index (χ0v) is 19.2. The van der Waals surface area contributed by atoms with Crippen LogP contribution in [-0.2, 0) is 4.79 Å². The molecule has 0 radical (unpaired) electrons. The Morgan fingerprint density at radius 2 is 1.87 bits per heavy atom. The van der Waals surface area contributed by atoms with Gasteiger partial charge in [-0.05, 0) is 26.2 Å². The fourth-order valence-corrected chi connectivity index (χ4v) is 4.46. The first-order valence-electron chi connectivity index (χ1n) is 9.23. The molecule has 1 aromatic carbocycles. The van der Waals surface area contributed by atoms with E-state index in [-0.39, 0.29) is 10.9 Å². The molecule has 0 aliphatic carbocycles. The Hall–Kier alpha value is -3.02. The largest absolute Gasteiger partial charge is 0.493 e. The predicted octanol–water partition coefficient (Wildman–Crippen LogP) is 3.89. The molecule has 0 aliphatic rings. The summed E-state index contributed by atoms with van der Waals surface area (Å²) >= 11 is 2.40. The number of nitrogens with zero attached hydrogens (tertiary/aromatic N) is 4. The van der Waals surface area contributed by atoms with Crippen LogP contribution in [0.15, 0.2) is 30.3 Å². The van der Waals surface area contributed by atoms with E-state index in [4.69, 9.17) is 9.47 Å². The highest BCUT2D eigenvalue weighted by Gasteiger charge is 2.20. The van der Waals surface area contributed by atoms with Crippen LogP contribution in [0.4, 0.5) is 10.1 Å². The van der Waals surface area contributed by atoms with Crippen LogP contribution in [0.1, 0.15) is 4.88 Å². The summed E-state index contributed by atoms with van der Waals surface area (Å²) in [5.41, 5.74) is 0.707. The van der Waals surface area contributed by atoms with Crippen LogP contribution in [0, 0.1) is 10.1 Å². The lowest BCUT2D eigenvalue weighted by atomic mass is 10.3. The summed E-state index contributed by atoms with van der Waals surface area (Å²) < 4.78 is 11.6. The fraction of sp³-hybridized carbons (Fsp3) is 0.300. The number of methoxy groups -OCH3 is 2. The number of anilines is 1. The second-order valence-electron chi connectivity index (χ2n) is 6.73. The van der Waals surface area contributed by atoms with Gasteiger partial charge in [-0.3, -0.25) is 19.8 Å². The van der Waals surface area contributed by atoms with Gasteiger partial charge in [-0.15, -0.1) is 0 Å². The number of carbonyl (C=O) groups excluding carboxylic acids is 1. The SMILES string of the molecule is COc1cc2nc(N(CCN(C)C)C(=O)/C=C/c3ccc([N+](=O)[O-])s3)sc2cc1OC. The molecule has 0 aliphatic heterocycles. The molecule has 164 valence electrons. The van der Waals surface area contributed by atoms with Gasteiger partial charge in [0, 0.05) is 42.2 Å². The highest BCUT2D eigenvalue weighted by atomic mass is 32.1. The number of hydrogen-bond acceptors (Lipinski definition) is 9. The first kappa shape index (κ1) is 22.7. The van der Waals surface area contributed by atoms with E-state index in [1.54, 1.807) is 37.3 Å². The van der Waals surface area contributed by atoms with Crippen molar-refractivity contribution in [3.05, 3.63) is 45.3 Å². The number of aromatic nitrogens is 1. The van der Waals surface area contributed by atoms with E-state index in [9.17, 15) is 14.9 Å². The molecule has 1 amide bonds. The van der Waals surface area contributed by atoms with Gasteiger partial charge in [0.25, 0.3) is 5.91 Å². The Kier molecular flexibility index (Phi) is 7.21. The van der Waals surface area contributed by atoms with Crippen molar-refractivity contribution in [2.24, 2.45) is 0 Å². The molecule has 31 heavy (non-hydrogen) atoms. The van der Waals surface area contributed by atoms with Gasteiger partial charge in [-0.25, -0.2) is 4.98 Å². The minimum Gasteiger partial charge on any atom is -0.493 e. The number of likely N-dealkylation sites (N-methyl/N-ethyl adjacent to an activating group) is 1. The quantitative estimate of drug-likeness (QED) is 0.270. The van der Waals surface area contributed by atoms with E-state index in [2.05, 4.69) is 4.98 Å². The van der Waals surface area contributed by atoms with E-state index >= 15 is 0 Å². The molecule has 0 saturated carbocycles. The summed E-state index contributed by atoms with van der Waals surface area (Å²) in [6.07, 6.45) is 3.00. The monoisotopic (exact) mass is 462 g/mol. The average molecular weight is 463 g/mol. The third-order valence-electron chi connectivity index (χ3n) is 4.33. The number of benzene rings is 1. The summed E-state index contributed by atoms with van der Waals surface area (Å²) in [4.78, 5) is 32.2. The number of hydrogen-bond donors (Lipinski definition) is 0. The molecule has 11 heteroatoms. The third-order valence-corrected chi connectivity index (χ3v) is 6.38. The zero-order valence-electron chi connectivity index (χ0n) is 17.5. The smallest absolute Gasteiger partial charge is 0.324 e. The summed E-state index contributed by atoms with van der Waals surface area (Å²) in [7, 11) is 6.98. The molecule has 0 bridgehead atoms. The summed E-state index contributed by atoms with van der Waals surface area (Å²) in [6.45, 7) is 1.08. The number of thiophene rings is 1. The summed E-state index contributed by atoms with van der Waals surface area (Å²) in [6, 6.07) is 6.66. The molecular formula is C20H22N4O5S2. The Morgan fingerprint density at radius 1 is 1.16 bits per heavy atom. The van der Waals surface area contributed by atoms with Gasteiger partial charge < -0.3 is 14.4 Å². The van der Waals surface area contributed by atoms with Crippen LogP contribution < -0.4 is 14.4 Å². The van der Waals surface area contributed by atoms with Crippen LogP contribution in [0.5, 0.6) is 11.5 Å². The number of rotatable bonds is 9. The molecule has 0 N–H and O–H groups in total. The first-order chi connectivity index (χ1) is 14.8. The number of fused-ring (bicyclic) bond motifs is 1. The minimum atomic E-state index is -0.448. The number of ether oxygens (including phenoxy) is 2. The molecule has 9 nitrogen and oxygen atoms in total. The Balaban J connectivity index is 1.91. The van der Waals surface area contributed by atoms with Crippen molar-refractivity contribution in [2.45, 2.75) is 0 Å². The van der Waals surface area contributed by atoms with Gasteiger partial charge in [-0.1, -0.05) is 22.7 Å². The van der Waals surface area contributed by atoms with Gasteiger partial charge in [-0.2, -0.15) is 0 Å². The molecule has 3 aromatic rings. The molecule has 3 rings (SSSR count). The van der Waals surface area contributed by atoms with E-state index in [0.29, 0.717) is 40.1 Å². The molecule has 2 heterocycles. The summed E-state index contributed by atoms with van der Waals surface area (Å²) in [5.74, 6) is 0.906. The minimum absolute atomic E-state index is 0.0330. The summed E-state index contributed by atoms with van der Waals surface area (Å²) in [5, 5.41) is 11.4. The van der Waals surface area contributed by atoms with Crippen molar-refractivity contribution in [1.29, 1.82) is 0 Å². The highest BCUT2D eigenvalue weighted by molar-refractivity contribution is 7.22. The molecule has 0 atom stereocenters. The first-order valence-corrected chi connectivity index (χ1v) is 10.9. The maximum Gasteiger partial charge on any atom is 0.324 e. The van der Waals surface area contributed by atoms with E-state index < -0.39 is 4.92 Å². The molecule has 0 spiro atoms. The predicted molar refractivity (Wildman–Crippen MR) is 124 cm³/mol. The van der Waals surface area contributed by atoms with Crippen molar-refractivity contribution >= 4 is 55.0 Å². The van der Waals surface area contributed by atoms with Gasteiger partial charge in [0.15, 0.2) is 16.6 Å². The Bertz CT molecular complexity index is 1080. The number of carbonyl (C=O) groups is 1. The van der Waals surface area contributed by atoms with Crippen LogP contribution >= 0.6 is 22.7 Å². The van der Waals surface area contributed by atoms with Crippen molar-refractivity contribution in [3.63, 3.8) is 0 Å². The second-order valence-corrected chi connectivity index (χ2v) is 8.83. The number of nitro groups is 1. The van der Waals surface area contributed by atoms with E-state index in [1.807, 2.05) is 25.1 Å². The van der Waals surface area contributed by atoms with Crippen molar-refractivity contribution < 1.29 is 19.2 Å². The standard InChI is InChI=1S/C20H22N4O5S2/c1-22(2)9-10-23(18(25)7-5-13-6-8-19(30-13)24(26)27)20-21-14-11-15(28-3)16(29-4)12-17(14)31-20/h5-8,11-12H,9-10H2,1-4H3/b7-5+. The lowest BCUT2D eigenvalue weighted by Gasteiger charge is -2.20.